The van der Waals surface area contributed by atoms with E-state index in [1.807, 2.05) is 48.5 Å². The SMILES string of the molecule is O=C1N[C@@H](C(=O)NCc2ccccc2)Cc2ccccc21. The Morgan fingerprint density at radius 1 is 1.10 bits per heavy atom. The van der Waals surface area contributed by atoms with E-state index in [0.29, 0.717) is 18.5 Å². The molecule has 106 valence electrons. The van der Waals surface area contributed by atoms with Crippen LogP contribution in [0.2, 0.25) is 0 Å². The molecule has 1 aliphatic rings. The fraction of sp³-hybridized carbons (Fsp3) is 0.176. The van der Waals surface area contributed by atoms with Crippen molar-refractivity contribution >= 4 is 11.8 Å². The summed E-state index contributed by atoms with van der Waals surface area (Å²) in [5, 5.41) is 5.62. The number of hydrogen-bond donors (Lipinski definition) is 2. The van der Waals surface area contributed by atoms with Crippen LogP contribution < -0.4 is 10.6 Å². The zero-order valence-corrected chi connectivity index (χ0v) is 11.5. The van der Waals surface area contributed by atoms with E-state index < -0.39 is 6.04 Å². The fourth-order valence-electron chi connectivity index (χ4n) is 2.49. The maximum atomic E-state index is 12.2. The van der Waals surface area contributed by atoms with Crippen molar-refractivity contribution in [1.29, 1.82) is 0 Å². The van der Waals surface area contributed by atoms with Crippen LogP contribution in [-0.2, 0) is 17.8 Å². The van der Waals surface area contributed by atoms with Crippen LogP contribution >= 0.6 is 0 Å². The van der Waals surface area contributed by atoms with Gasteiger partial charge >= 0.3 is 0 Å². The molecule has 4 heteroatoms. The van der Waals surface area contributed by atoms with Crippen LogP contribution in [0.25, 0.3) is 0 Å². The highest BCUT2D eigenvalue weighted by atomic mass is 16.2. The number of nitrogens with one attached hydrogen (secondary N) is 2. The van der Waals surface area contributed by atoms with E-state index in [-0.39, 0.29) is 11.8 Å². The monoisotopic (exact) mass is 280 g/mol. The number of amides is 2. The first-order valence-corrected chi connectivity index (χ1v) is 6.94. The molecule has 0 spiro atoms. The van der Waals surface area contributed by atoms with Gasteiger partial charge in [-0.1, -0.05) is 48.5 Å². The van der Waals surface area contributed by atoms with Gasteiger partial charge < -0.3 is 10.6 Å². The van der Waals surface area contributed by atoms with Gasteiger partial charge in [0.25, 0.3) is 5.91 Å². The van der Waals surface area contributed by atoms with Crippen LogP contribution in [0.3, 0.4) is 0 Å². The van der Waals surface area contributed by atoms with Gasteiger partial charge in [0, 0.05) is 18.5 Å². The van der Waals surface area contributed by atoms with Gasteiger partial charge in [-0.3, -0.25) is 9.59 Å². The molecule has 0 fully saturated rings. The summed E-state index contributed by atoms with van der Waals surface area (Å²) >= 11 is 0. The van der Waals surface area contributed by atoms with Crippen molar-refractivity contribution in [3.8, 4) is 0 Å². The van der Waals surface area contributed by atoms with E-state index in [2.05, 4.69) is 10.6 Å². The summed E-state index contributed by atoms with van der Waals surface area (Å²) in [5.41, 5.74) is 2.61. The summed E-state index contributed by atoms with van der Waals surface area (Å²) in [6.45, 7) is 0.466. The number of hydrogen-bond acceptors (Lipinski definition) is 2. The molecule has 0 radical (unpaired) electrons. The maximum Gasteiger partial charge on any atom is 0.252 e. The van der Waals surface area contributed by atoms with E-state index in [0.717, 1.165) is 11.1 Å². The molecule has 21 heavy (non-hydrogen) atoms. The molecule has 0 aliphatic carbocycles. The van der Waals surface area contributed by atoms with Crippen LogP contribution in [0.15, 0.2) is 54.6 Å². The van der Waals surface area contributed by atoms with E-state index in [4.69, 9.17) is 0 Å². The molecule has 4 nitrogen and oxygen atoms in total. The van der Waals surface area contributed by atoms with Crippen LogP contribution in [0, 0.1) is 0 Å². The summed E-state index contributed by atoms with van der Waals surface area (Å²) < 4.78 is 0. The highest BCUT2D eigenvalue weighted by molar-refractivity contribution is 6.00. The van der Waals surface area contributed by atoms with Crippen molar-refractivity contribution in [2.45, 2.75) is 19.0 Å². The van der Waals surface area contributed by atoms with Gasteiger partial charge in [-0.15, -0.1) is 0 Å². The van der Waals surface area contributed by atoms with Crippen molar-refractivity contribution < 1.29 is 9.59 Å². The number of carbonyl (C=O) groups is 2. The Hall–Kier alpha value is -2.62. The van der Waals surface area contributed by atoms with E-state index in [9.17, 15) is 9.59 Å². The molecule has 2 N–H and O–H groups in total. The van der Waals surface area contributed by atoms with Gasteiger partial charge in [0.15, 0.2) is 0 Å². The first-order chi connectivity index (χ1) is 10.2. The lowest BCUT2D eigenvalue weighted by Gasteiger charge is -2.24. The molecule has 1 heterocycles. The number of benzene rings is 2. The fourth-order valence-corrected chi connectivity index (χ4v) is 2.49. The lowest BCUT2D eigenvalue weighted by Crippen LogP contribution is -2.50. The lowest BCUT2D eigenvalue weighted by molar-refractivity contribution is -0.123. The van der Waals surface area contributed by atoms with Gasteiger partial charge in [-0.05, 0) is 17.2 Å². The summed E-state index contributed by atoms with van der Waals surface area (Å²) in [6, 6.07) is 16.6. The lowest BCUT2D eigenvalue weighted by atomic mass is 9.95. The van der Waals surface area contributed by atoms with Crippen LogP contribution in [0.1, 0.15) is 21.5 Å². The smallest absolute Gasteiger partial charge is 0.252 e. The molecule has 1 aliphatic heterocycles. The Labute approximate surface area is 123 Å². The van der Waals surface area contributed by atoms with Crippen LogP contribution in [-0.4, -0.2) is 17.9 Å². The summed E-state index contributed by atoms with van der Waals surface area (Å²) in [6.07, 6.45) is 0.530. The van der Waals surface area contributed by atoms with Crippen molar-refractivity contribution in [2.24, 2.45) is 0 Å². The molecular formula is C17H16N2O2. The first-order valence-electron chi connectivity index (χ1n) is 6.94. The zero-order valence-electron chi connectivity index (χ0n) is 11.5. The molecule has 0 aromatic heterocycles. The minimum absolute atomic E-state index is 0.151. The van der Waals surface area contributed by atoms with Gasteiger partial charge in [-0.2, -0.15) is 0 Å². The van der Waals surface area contributed by atoms with Crippen LogP contribution in [0.4, 0.5) is 0 Å². The predicted molar refractivity (Wildman–Crippen MR) is 79.7 cm³/mol. The Morgan fingerprint density at radius 3 is 2.62 bits per heavy atom. The number of fused-ring (bicyclic) bond motifs is 1. The summed E-state index contributed by atoms with van der Waals surface area (Å²) in [4.78, 5) is 24.2. The second kappa shape index (κ2) is 5.79. The average Bonchev–Trinajstić information content (AvgIpc) is 2.53. The molecule has 0 saturated carbocycles. The standard InChI is InChI=1S/C17H16N2O2/c20-16-14-9-5-4-8-13(14)10-15(19-16)17(21)18-11-12-6-2-1-3-7-12/h1-9,15H,10-11H2,(H,18,21)(H,19,20)/t15-/m1/s1. The Balaban J connectivity index is 1.65. The molecule has 2 amide bonds. The number of carbonyl (C=O) groups excluding carboxylic acids is 2. The highest BCUT2D eigenvalue weighted by Gasteiger charge is 2.28. The van der Waals surface area contributed by atoms with Crippen molar-refractivity contribution in [1.82, 2.24) is 10.6 Å². The first kappa shape index (κ1) is 13.4. The molecular weight excluding hydrogens is 264 g/mol. The van der Waals surface area contributed by atoms with Gasteiger partial charge in [-0.25, -0.2) is 0 Å². The minimum atomic E-state index is -0.504. The summed E-state index contributed by atoms with van der Waals surface area (Å²) in [7, 11) is 0. The minimum Gasteiger partial charge on any atom is -0.350 e. The molecule has 0 bridgehead atoms. The quantitative estimate of drug-likeness (QED) is 0.898. The third kappa shape index (κ3) is 2.94. The van der Waals surface area contributed by atoms with E-state index in [1.54, 1.807) is 6.07 Å². The van der Waals surface area contributed by atoms with Crippen molar-refractivity contribution in [3.05, 3.63) is 71.3 Å². The molecule has 1 atom stereocenters. The maximum absolute atomic E-state index is 12.2. The van der Waals surface area contributed by atoms with Gasteiger partial charge in [0.2, 0.25) is 5.91 Å². The Bertz CT molecular complexity index is 668. The highest BCUT2D eigenvalue weighted by Crippen LogP contribution is 2.16. The number of rotatable bonds is 3. The molecule has 0 saturated heterocycles. The van der Waals surface area contributed by atoms with E-state index in [1.165, 1.54) is 0 Å². The van der Waals surface area contributed by atoms with Crippen LogP contribution in [0.5, 0.6) is 0 Å². The zero-order chi connectivity index (χ0) is 14.7. The third-order valence-corrected chi connectivity index (χ3v) is 3.62. The van der Waals surface area contributed by atoms with Crippen molar-refractivity contribution in [3.63, 3.8) is 0 Å². The van der Waals surface area contributed by atoms with Crippen molar-refractivity contribution in [2.75, 3.05) is 0 Å². The molecule has 2 aromatic carbocycles. The molecule has 0 unspecified atom stereocenters. The normalized spacial score (nSPS) is 16.8. The van der Waals surface area contributed by atoms with Gasteiger partial charge in [0.05, 0.1) is 0 Å². The Morgan fingerprint density at radius 2 is 1.81 bits per heavy atom. The predicted octanol–water partition coefficient (Wildman–Crippen LogP) is 1.66. The average molecular weight is 280 g/mol. The molecule has 2 aromatic rings. The second-order valence-corrected chi connectivity index (χ2v) is 5.09. The van der Waals surface area contributed by atoms with E-state index >= 15 is 0 Å². The second-order valence-electron chi connectivity index (χ2n) is 5.09. The molecule has 3 rings (SSSR count). The topological polar surface area (TPSA) is 58.2 Å². The Kier molecular flexibility index (Phi) is 3.69. The summed E-state index contributed by atoms with van der Waals surface area (Å²) in [5.74, 6) is -0.335. The third-order valence-electron chi connectivity index (χ3n) is 3.62. The van der Waals surface area contributed by atoms with Gasteiger partial charge in [0.1, 0.15) is 6.04 Å². The largest absolute Gasteiger partial charge is 0.350 e.